The molecule has 1 N–H and O–H groups in total. The van der Waals surface area contributed by atoms with Gasteiger partial charge in [0.1, 0.15) is 11.6 Å². The van der Waals surface area contributed by atoms with Crippen molar-refractivity contribution < 1.29 is 4.74 Å². The fourth-order valence-corrected chi connectivity index (χ4v) is 1.97. The molecule has 4 nitrogen and oxygen atoms in total. The van der Waals surface area contributed by atoms with Crippen LogP contribution in [0.1, 0.15) is 24.5 Å². The Balaban J connectivity index is 2.06. The zero-order valence-electron chi connectivity index (χ0n) is 10.1. The summed E-state index contributed by atoms with van der Waals surface area (Å²) in [7, 11) is 1.62. The van der Waals surface area contributed by atoms with E-state index in [4.69, 9.17) is 4.74 Å². The quantitative estimate of drug-likeness (QED) is 0.898. The Morgan fingerprint density at radius 3 is 2.89 bits per heavy atom. The van der Waals surface area contributed by atoms with Crippen LogP contribution in [0.25, 0.3) is 11.4 Å². The van der Waals surface area contributed by atoms with Crippen LogP contribution in [0.4, 0.5) is 0 Å². The summed E-state index contributed by atoms with van der Waals surface area (Å²) in [6.07, 6.45) is 2.27. The van der Waals surface area contributed by atoms with Gasteiger partial charge in [0.2, 0.25) is 0 Å². The second-order valence-corrected chi connectivity index (χ2v) is 4.53. The Kier molecular flexibility index (Phi) is 2.63. The van der Waals surface area contributed by atoms with Crippen molar-refractivity contribution in [3.8, 4) is 17.1 Å². The van der Waals surface area contributed by atoms with Gasteiger partial charge in [-0.05, 0) is 25.0 Å². The minimum Gasteiger partial charge on any atom is -0.497 e. The molecule has 1 fully saturated rings. The van der Waals surface area contributed by atoms with E-state index in [9.17, 15) is 4.79 Å². The normalized spacial score (nSPS) is 14.5. The van der Waals surface area contributed by atoms with Crippen molar-refractivity contribution in [1.82, 2.24) is 9.97 Å². The largest absolute Gasteiger partial charge is 0.497 e. The van der Waals surface area contributed by atoms with Gasteiger partial charge in [-0.2, -0.15) is 0 Å². The molecule has 2 aromatic rings. The van der Waals surface area contributed by atoms with Gasteiger partial charge in [-0.1, -0.05) is 12.1 Å². The standard InChI is InChI=1S/C14H14N2O2/c1-18-11-4-2-3-10(7-11)14-15-12(9-5-6-9)8-13(17)16-14/h2-4,7-9H,5-6H2,1H3,(H,15,16,17). The van der Waals surface area contributed by atoms with Crippen LogP contribution in [-0.2, 0) is 0 Å². The molecule has 1 heterocycles. The molecule has 4 heteroatoms. The predicted octanol–water partition coefficient (Wildman–Crippen LogP) is 2.32. The Hall–Kier alpha value is -2.10. The van der Waals surface area contributed by atoms with Gasteiger partial charge in [-0.25, -0.2) is 4.98 Å². The Labute approximate surface area is 105 Å². The highest BCUT2D eigenvalue weighted by Gasteiger charge is 2.25. The monoisotopic (exact) mass is 242 g/mol. The predicted molar refractivity (Wildman–Crippen MR) is 68.8 cm³/mol. The molecule has 0 aliphatic heterocycles. The molecule has 1 aromatic carbocycles. The SMILES string of the molecule is COc1cccc(-c2nc(C3CC3)cc(=O)[nH]2)c1. The number of nitrogens with zero attached hydrogens (tertiary/aromatic N) is 1. The van der Waals surface area contributed by atoms with Crippen LogP contribution in [-0.4, -0.2) is 17.1 Å². The van der Waals surface area contributed by atoms with Crippen LogP contribution in [0.15, 0.2) is 35.1 Å². The molecule has 3 rings (SSSR count). The van der Waals surface area contributed by atoms with Crippen molar-refractivity contribution in [2.75, 3.05) is 7.11 Å². The van der Waals surface area contributed by atoms with Crippen LogP contribution >= 0.6 is 0 Å². The molecule has 1 saturated carbocycles. The summed E-state index contributed by atoms with van der Waals surface area (Å²) in [5.74, 6) is 1.84. The Morgan fingerprint density at radius 2 is 2.17 bits per heavy atom. The Bertz CT molecular complexity index is 630. The van der Waals surface area contributed by atoms with Gasteiger partial charge in [-0.15, -0.1) is 0 Å². The lowest BCUT2D eigenvalue weighted by Crippen LogP contribution is -2.09. The molecule has 92 valence electrons. The summed E-state index contributed by atoms with van der Waals surface area (Å²) in [5.41, 5.74) is 1.68. The first-order valence-electron chi connectivity index (χ1n) is 6.02. The van der Waals surface area contributed by atoms with Gasteiger partial charge in [0.25, 0.3) is 5.56 Å². The summed E-state index contributed by atoms with van der Waals surface area (Å²) in [6, 6.07) is 9.14. The summed E-state index contributed by atoms with van der Waals surface area (Å²) < 4.78 is 5.18. The van der Waals surface area contributed by atoms with E-state index in [2.05, 4.69) is 9.97 Å². The molecule has 0 unspecified atom stereocenters. The van der Waals surface area contributed by atoms with Crippen molar-refractivity contribution >= 4 is 0 Å². The molecule has 0 saturated heterocycles. The van der Waals surface area contributed by atoms with Crippen molar-refractivity contribution in [1.29, 1.82) is 0 Å². The lowest BCUT2D eigenvalue weighted by molar-refractivity contribution is 0.415. The number of nitrogens with one attached hydrogen (secondary N) is 1. The zero-order chi connectivity index (χ0) is 12.5. The summed E-state index contributed by atoms with van der Waals surface area (Å²) in [6.45, 7) is 0. The molecule has 1 aromatic heterocycles. The topological polar surface area (TPSA) is 55.0 Å². The van der Waals surface area contributed by atoms with Gasteiger partial charge in [0.15, 0.2) is 0 Å². The van der Waals surface area contributed by atoms with Gasteiger partial charge in [-0.3, -0.25) is 4.79 Å². The fraction of sp³-hybridized carbons (Fsp3) is 0.286. The number of ether oxygens (including phenoxy) is 1. The molecule has 0 radical (unpaired) electrons. The first-order chi connectivity index (χ1) is 8.76. The van der Waals surface area contributed by atoms with E-state index >= 15 is 0 Å². The lowest BCUT2D eigenvalue weighted by atomic mass is 10.2. The van der Waals surface area contributed by atoms with E-state index < -0.39 is 0 Å². The third-order valence-corrected chi connectivity index (χ3v) is 3.10. The van der Waals surface area contributed by atoms with E-state index in [1.807, 2.05) is 24.3 Å². The third-order valence-electron chi connectivity index (χ3n) is 3.10. The zero-order valence-corrected chi connectivity index (χ0v) is 10.1. The average Bonchev–Trinajstić information content (AvgIpc) is 3.22. The van der Waals surface area contributed by atoms with Gasteiger partial charge >= 0.3 is 0 Å². The van der Waals surface area contributed by atoms with E-state index in [0.717, 1.165) is 29.8 Å². The number of hydrogen-bond acceptors (Lipinski definition) is 3. The van der Waals surface area contributed by atoms with Crippen molar-refractivity contribution in [2.45, 2.75) is 18.8 Å². The maximum absolute atomic E-state index is 11.6. The molecule has 18 heavy (non-hydrogen) atoms. The second kappa shape index (κ2) is 4.29. The van der Waals surface area contributed by atoms with E-state index in [1.54, 1.807) is 13.2 Å². The van der Waals surface area contributed by atoms with Gasteiger partial charge in [0, 0.05) is 17.5 Å². The summed E-state index contributed by atoms with van der Waals surface area (Å²) in [4.78, 5) is 19.0. The smallest absolute Gasteiger partial charge is 0.251 e. The minimum atomic E-state index is -0.0929. The molecular formula is C14H14N2O2. The van der Waals surface area contributed by atoms with Crippen LogP contribution in [0.3, 0.4) is 0 Å². The van der Waals surface area contributed by atoms with Gasteiger partial charge < -0.3 is 9.72 Å². The number of hydrogen-bond donors (Lipinski definition) is 1. The maximum atomic E-state index is 11.6. The van der Waals surface area contributed by atoms with Crippen LogP contribution in [0.2, 0.25) is 0 Å². The molecule has 0 spiro atoms. The number of aromatic nitrogens is 2. The first-order valence-corrected chi connectivity index (χ1v) is 6.02. The van der Waals surface area contributed by atoms with Crippen LogP contribution < -0.4 is 10.3 Å². The van der Waals surface area contributed by atoms with Crippen LogP contribution in [0.5, 0.6) is 5.75 Å². The molecule has 0 bridgehead atoms. The summed E-state index contributed by atoms with van der Waals surface area (Å²) in [5, 5.41) is 0. The van der Waals surface area contributed by atoms with Gasteiger partial charge in [0.05, 0.1) is 12.8 Å². The maximum Gasteiger partial charge on any atom is 0.251 e. The van der Waals surface area contributed by atoms with Crippen LogP contribution in [0, 0.1) is 0 Å². The van der Waals surface area contributed by atoms with E-state index in [1.165, 1.54) is 0 Å². The molecule has 1 aliphatic carbocycles. The number of methoxy groups -OCH3 is 1. The number of H-pyrrole nitrogens is 1. The van der Waals surface area contributed by atoms with Crippen molar-refractivity contribution in [3.63, 3.8) is 0 Å². The molecular weight excluding hydrogens is 228 g/mol. The number of rotatable bonds is 3. The summed E-state index contributed by atoms with van der Waals surface area (Å²) >= 11 is 0. The fourth-order valence-electron chi connectivity index (χ4n) is 1.97. The third kappa shape index (κ3) is 2.14. The Morgan fingerprint density at radius 1 is 1.33 bits per heavy atom. The van der Waals surface area contributed by atoms with E-state index in [-0.39, 0.29) is 5.56 Å². The molecule has 1 aliphatic rings. The second-order valence-electron chi connectivity index (χ2n) is 4.53. The highest BCUT2D eigenvalue weighted by molar-refractivity contribution is 5.57. The first kappa shape index (κ1) is 11.0. The average molecular weight is 242 g/mol. The number of aromatic amines is 1. The van der Waals surface area contributed by atoms with Crippen molar-refractivity contribution in [2.24, 2.45) is 0 Å². The molecule has 0 atom stereocenters. The van der Waals surface area contributed by atoms with Crippen molar-refractivity contribution in [3.05, 3.63) is 46.4 Å². The highest BCUT2D eigenvalue weighted by Crippen LogP contribution is 2.38. The minimum absolute atomic E-state index is 0.0929. The van der Waals surface area contributed by atoms with E-state index in [0.29, 0.717) is 11.7 Å². The number of benzene rings is 1. The highest BCUT2D eigenvalue weighted by atomic mass is 16.5. The lowest BCUT2D eigenvalue weighted by Gasteiger charge is -2.05. The molecule has 0 amide bonds.